The molecule has 0 bridgehead atoms. The largest absolute Gasteiger partial charge is 0.286 e. The Morgan fingerprint density at radius 2 is 1.74 bits per heavy atom. The van der Waals surface area contributed by atoms with Gasteiger partial charge in [-0.1, -0.05) is 23.7 Å². The molecule has 0 aromatic heterocycles. The van der Waals surface area contributed by atoms with Crippen molar-refractivity contribution in [3.8, 4) is 0 Å². The van der Waals surface area contributed by atoms with Crippen molar-refractivity contribution in [1.82, 2.24) is 4.72 Å². The van der Waals surface area contributed by atoms with Crippen molar-refractivity contribution in [2.75, 3.05) is 6.54 Å². The third-order valence-corrected chi connectivity index (χ3v) is 4.99. The minimum absolute atomic E-state index is 0.132. The zero-order valence-corrected chi connectivity index (χ0v) is 13.6. The van der Waals surface area contributed by atoms with E-state index in [9.17, 15) is 21.6 Å². The first-order valence-corrected chi connectivity index (χ1v) is 8.38. The van der Waals surface area contributed by atoms with Crippen LogP contribution in [0.4, 0.5) is 13.2 Å². The zero-order valence-electron chi connectivity index (χ0n) is 12.0. The van der Waals surface area contributed by atoms with Gasteiger partial charge in [-0.2, -0.15) is 8.78 Å². The van der Waals surface area contributed by atoms with E-state index in [0.717, 1.165) is 30.3 Å². The standard InChI is InChI=1S/C15H13ClF3NO2S/c1-10-8-13(17)6-7-14(10)23(21,22)20-9-15(18,19)11-2-4-12(16)5-3-11/h2-8,20H,9H2,1H3. The average molecular weight is 364 g/mol. The predicted molar refractivity (Wildman–Crippen MR) is 81.7 cm³/mol. The lowest BCUT2D eigenvalue weighted by Gasteiger charge is -2.18. The summed E-state index contributed by atoms with van der Waals surface area (Å²) in [6.07, 6.45) is 0. The van der Waals surface area contributed by atoms with Gasteiger partial charge in [0.05, 0.1) is 11.4 Å². The normalized spacial score (nSPS) is 12.4. The fourth-order valence-electron chi connectivity index (χ4n) is 1.97. The Labute approximate surface area is 137 Å². The summed E-state index contributed by atoms with van der Waals surface area (Å²) in [5, 5.41) is 0.298. The second-order valence-electron chi connectivity index (χ2n) is 4.95. The van der Waals surface area contributed by atoms with Gasteiger partial charge in [0.25, 0.3) is 5.92 Å². The quantitative estimate of drug-likeness (QED) is 0.876. The maximum Gasteiger partial charge on any atom is 0.286 e. The highest BCUT2D eigenvalue weighted by molar-refractivity contribution is 7.89. The van der Waals surface area contributed by atoms with Crippen molar-refractivity contribution in [1.29, 1.82) is 0 Å². The molecule has 2 rings (SSSR count). The van der Waals surface area contributed by atoms with E-state index in [1.165, 1.54) is 19.1 Å². The summed E-state index contributed by atoms with van der Waals surface area (Å²) in [5.41, 5.74) is -0.229. The van der Waals surface area contributed by atoms with Crippen LogP contribution in [0, 0.1) is 12.7 Å². The minimum atomic E-state index is -4.18. The number of nitrogens with one attached hydrogen (secondary N) is 1. The molecule has 0 aliphatic rings. The van der Waals surface area contributed by atoms with Gasteiger partial charge in [-0.05, 0) is 42.8 Å². The monoisotopic (exact) mass is 363 g/mol. The maximum atomic E-state index is 14.1. The molecule has 2 aromatic rings. The van der Waals surface area contributed by atoms with Gasteiger partial charge >= 0.3 is 0 Å². The van der Waals surface area contributed by atoms with Crippen molar-refractivity contribution in [3.05, 3.63) is 64.4 Å². The first kappa shape index (κ1) is 17.8. The Morgan fingerprint density at radius 1 is 1.13 bits per heavy atom. The lowest BCUT2D eigenvalue weighted by atomic mass is 10.1. The molecule has 0 saturated carbocycles. The van der Waals surface area contributed by atoms with Crippen molar-refractivity contribution < 1.29 is 21.6 Å². The third-order valence-electron chi connectivity index (χ3n) is 3.18. The van der Waals surface area contributed by atoms with Crippen LogP contribution in [0.5, 0.6) is 0 Å². The molecule has 124 valence electrons. The Kier molecular flexibility index (Phi) is 5.03. The first-order valence-electron chi connectivity index (χ1n) is 6.51. The molecule has 0 amide bonds. The van der Waals surface area contributed by atoms with E-state index in [1.54, 1.807) is 0 Å². The molecule has 0 aliphatic heterocycles. The molecule has 2 aromatic carbocycles. The number of alkyl halides is 2. The highest BCUT2D eigenvalue weighted by atomic mass is 35.5. The predicted octanol–water partition coefficient (Wildman–Crippen LogP) is 3.86. The van der Waals surface area contributed by atoms with Crippen LogP contribution in [0.15, 0.2) is 47.4 Å². The van der Waals surface area contributed by atoms with Crippen LogP contribution in [0.25, 0.3) is 0 Å². The second kappa shape index (κ2) is 6.51. The highest BCUT2D eigenvalue weighted by Gasteiger charge is 2.33. The van der Waals surface area contributed by atoms with E-state index in [-0.39, 0.29) is 16.0 Å². The second-order valence-corrected chi connectivity index (χ2v) is 7.12. The molecule has 0 atom stereocenters. The molecule has 8 heteroatoms. The smallest absolute Gasteiger partial charge is 0.207 e. The molecule has 0 unspecified atom stereocenters. The van der Waals surface area contributed by atoms with E-state index in [2.05, 4.69) is 0 Å². The molecule has 0 radical (unpaired) electrons. The molecule has 1 N–H and O–H groups in total. The van der Waals surface area contributed by atoms with Crippen LogP contribution < -0.4 is 4.72 Å². The van der Waals surface area contributed by atoms with E-state index in [0.29, 0.717) is 5.02 Å². The average Bonchev–Trinajstić information content (AvgIpc) is 2.45. The van der Waals surface area contributed by atoms with Crippen molar-refractivity contribution in [2.45, 2.75) is 17.7 Å². The van der Waals surface area contributed by atoms with Crippen LogP contribution in [-0.2, 0) is 15.9 Å². The number of rotatable bonds is 5. The van der Waals surface area contributed by atoms with Gasteiger partial charge in [0.2, 0.25) is 10.0 Å². The Bertz CT molecular complexity index is 808. The van der Waals surface area contributed by atoms with Gasteiger partial charge in [-0.3, -0.25) is 0 Å². The summed E-state index contributed by atoms with van der Waals surface area (Å²) in [4.78, 5) is -0.245. The molecule has 0 saturated heterocycles. The Morgan fingerprint density at radius 3 is 2.30 bits per heavy atom. The van der Waals surface area contributed by atoms with Crippen LogP contribution in [0.3, 0.4) is 0 Å². The number of hydrogen-bond donors (Lipinski definition) is 1. The summed E-state index contributed by atoms with van der Waals surface area (Å²) >= 11 is 5.63. The van der Waals surface area contributed by atoms with Gasteiger partial charge in [-0.15, -0.1) is 0 Å². The van der Waals surface area contributed by atoms with Crippen LogP contribution >= 0.6 is 11.6 Å². The van der Waals surface area contributed by atoms with Crippen molar-refractivity contribution in [2.24, 2.45) is 0 Å². The van der Waals surface area contributed by atoms with Crippen LogP contribution in [0.2, 0.25) is 5.02 Å². The third kappa shape index (κ3) is 4.25. The summed E-state index contributed by atoms with van der Waals surface area (Å²) in [6, 6.07) is 7.85. The Balaban J connectivity index is 2.19. The molecule has 0 fully saturated rings. The number of sulfonamides is 1. The molecular formula is C15H13ClF3NO2S. The first-order chi connectivity index (χ1) is 10.6. The lowest BCUT2D eigenvalue weighted by molar-refractivity contribution is 0.00209. The summed E-state index contributed by atoms with van der Waals surface area (Å²) in [5.74, 6) is -4.01. The molecule has 23 heavy (non-hydrogen) atoms. The molecular weight excluding hydrogens is 351 g/mol. The Hall–Kier alpha value is -1.57. The van der Waals surface area contributed by atoms with Gasteiger partial charge in [0.1, 0.15) is 5.82 Å². The lowest BCUT2D eigenvalue weighted by Crippen LogP contribution is -2.35. The number of halogens is 4. The van der Waals surface area contributed by atoms with Crippen molar-refractivity contribution >= 4 is 21.6 Å². The number of benzene rings is 2. The minimum Gasteiger partial charge on any atom is -0.207 e. The van der Waals surface area contributed by atoms with E-state index >= 15 is 0 Å². The van der Waals surface area contributed by atoms with E-state index in [1.807, 2.05) is 4.72 Å². The summed E-state index contributed by atoms with van der Waals surface area (Å²) in [7, 11) is -4.18. The van der Waals surface area contributed by atoms with Gasteiger partial charge in [0.15, 0.2) is 0 Å². The molecule has 0 spiro atoms. The fourth-order valence-corrected chi connectivity index (χ4v) is 3.36. The van der Waals surface area contributed by atoms with E-state index < -0.39 is 28.3 Å². The van der Waals surface area contributed by atoms with E-state index in [4.69, 9.17) is 11.6 Å². The van der Waals surface area contributed by atoms with Crippen LogP contribution in [0.1, 0.15) is 11.1 Å². The highest BCUT2D eigenvalue weighted by Crippen LogP contribution is 2.29. The van der Waals surface area contributed by atoms with Gasteiger partial charge < -0.3 is 0 Å². The molecule has 3 nitrogen and oxygen atoms in total. The van der Waals surface area contributed by atoms with Gasteiger partial charge in [-0.25, -0.2) is 17.5 Å². The number of hydrogen-bond acceptors (Lipinski definition) is 2. The SMILES string of the molecule is Cc1cc(F)ccc1S(=O)(=O)NCC(F)(F)c1ccc(Cl)cc1. The molecule has 0 aliphatic carbocycles. The molecule has 0 heterocycles. The van der Waals surface area contributed by atoms with Gasteiger partial charge in [0, 0.05) is 10.6 Å². The summed E-state index contributed by atoms with van der Waals surface area (Å²) < 4.78 is 67.2. The topological polar surface area (TPSA) is 46.2 Å². The summed E-state index contributed by atoms with van der Waals surface area (Å²) in [6.45, 7) is 0.267. The number of aryl methyl sites for hydroxylation is 1. The maximum absolute atomic E-state index is 14.1. The zero-order chi connectivity index (χ0) is 17.3. The van der Waals surface area contributed by atoms with Crippen LogP contribution in [-0.4, -0.2) is 15.0 Å². The fraction of sp³-hybridized carbons (Fsp3) is 0.200. The van der Waals surface area contributed by atoms with Crippen molar-refractivity contribution in [3.63, 3.8) is 0 Å².